The van der Waals surface area contributed by atoms with Crippen LogP contribution in [0.4, 0.5) is 4.79 Å². The number of hydrogen-bond acceptors (Lipinski definition) is 4. The molecular weight excluding hydrogens is 302 g/mol. The van der Waals surface area contributed by atoms with E-state index in [0.717, 1.165) is 5.56 Å². The van der Waals surface area contributed by atoms with Crippen molar-refractivity contribution in [2.45, 2.75) is 13.5 Å². The van der Waals surface area contributed by atoms with Crippen molar-refractivity contribution < 1.29 is 17.9 Å². The average molecular weight is 320 g/mol. The Morgan fingerprint density at radius 2 is 1.95 bits per heavy atom. The fourth-order valence-corrected chi connectivity index (χ4v) is 3.19. The molecule has 20 heavy (non-hydrogen) atoms. The first-order valence-electron chi connectivity index (χ1n) is 6.12. The summed E-state index contributed by atoms with van der Waals surface area (Å²) in [6, 6.07) is 9.32. The van der Waals surface area contributed by atoms with E-state index in [1.54, 1.807) is 14.0 Å². The number of carbonyl (C=O) groups is 1. The molecule has 1 aromatic carbocycles. The summed E-state index contributed by atoms with van der Waals surface area (Å²) in [6.07, 6.45) is -0.493. The predicted molar refractivity (Wildman–Crippen MR) is 78.1 cm³/mol. The Labute approximate surface area is 123 Å². The molecule has 1 aromatic rings. The maximum atomic E-state index is 11.7. The number of carbonyl (C=O) groups excluding carboxylic acids is 1. The maximum absolute atomic E-state index is 11.7. The summed E-state index contributed by atoms with van der Waals surface area (Å²) in [7, 11) is 3.17. The van der Waals surface area contributed by atoms with Crippen molar-refractivity contribution in [3.8, 4) is 0 Å². The summed E-state index contributed by atoms with van der Waals surface area (Å²) in [5, 5.41) is 0. The van der Waals surface area contributed by atoms with Gasteiger partial charge in [-0.1, -0.05) is 37.3 Å². The van der Waals surface area contributed by atoms with Crippen LogP contribution < -0.4 is 0 Å². The van der Waals surface area contributed by atoms with E-state index in [9.17, 15) is 13.2 Å². The monoisotopic (exact) mass is 319 g/mol. The Kier molecular flexibility index (Phi) is 6.29. The summed E-state index contributed by atoms with van der Waals surface area (Å²) in [5.41, 5.74) is 0.894. The van der Waals surface area contributed by atoms with E-state index in [1.165, 1.54) is 4.90 Å². The van der Waals surface area contributed by atoms with E-state index in [-0.39, 0.29) is 24.8 Å². The molecule has 0 aliphatic heterocycles. The normalized spacial score (nSPS) is 12.8. The van der Waals surface area contributed by atoms with Gasteiger partial charge in [0.2, 0.25) is 9.05 Å². The summed E-state index contributed by atoms with van der Waals surface area (Å²) in [4.78, 5) is 13.1. The molecule has 0 radical (unpaired) electrons. The second-order valence-electron chi connectivity index (χ2n) is 4.73. The molecule has 0 fully saturated rings. The minimum Gasteiger partial charge on any atom is -0.445 e. The lowest BCUT2D eigenvalue weighted by molar-refractivity contribution is 0.101. The van der Waals surface area contributed by atoms with Gasteiger partial charge in [0.25, 0.3) is 0 Å². The molecule has 0 aromatic heterocycles. The van der Waals surface area contributed by atoms with Crippen molar-refractivity contribution in [1.29, 1.82) is 0 Å². The number of nitrogens with zero attached hydrogens (tertiary/aromatic N) is 1. The molecule has 1 rings (SSSR count). The molecule has 1 atom stereocenters. The van der Waals surface area contributed by atoms with Crippen LogP contribution in [-0.4, -0.2) is 38.8 Å². The number of benzene rings is 1. The van der Waals surface area contributed by atoms with Crippen LogP contribution in [-0.2, 0) is 20.4 Å². The highest BCUT2D eigenvalue weighted by atomic mass is 35.7. The van der Waals surface area contributed by atoms with E-state index in [4.69, 9.17) is 15.4 Å². The number of rotatable bonds is 6. The first-order valence-corrected chi connectivity index (χ1v) is 8.60. The van der Waals surface area contributed by atoms with Gasteiger partial charge in [0.15, 0.2) is 0 Å². The molecule has 5 nitrogen and oxygen atoms in total. The third-order valence-corrected chi connectivity index (χ3v) is 3.93. The minimum atomic E-state index is -3.56. The lowest BCUT2D eigenvalue weighted by Crippen LogP contribution is -2.33. The van der Waals surface area contributed by atoms with Crippen molar-refractivity contribution >= 4 is 25.8 Å². The molecule has 1 unspecified atom stereocenters. The lowest BCUT2D eigenvalue weighted by atomic mass is 10.2. The van der Waals surface area contributed by atoms with Crippen LogP contribution in [0, 0.1) is 5.92 Å². The molecule has 0 aliphatic carbocycles. The van der Waals surface area contributed by atoms with Crippen molar-refractivity contribution in [1.82, 2.24) is 4.90 Å². The zero-order valence-electron chi connectivity index (χ0n) is 11.5. The SMILES string of the molecule is CC(CN(C)C(=O)OCc1ccccc1)CS(=O)(=O)Cl. The second-order valence-corrected chi connectivity index (χ2v) is 7.55. The topological polar surface area (TPSA) is 63.7 Å². The van der Waals surface area contributed by atoms with Gasteiger partial charge in [-0.25, -0.2) is 13.2 Å². The van der Waals surface area contributed by atoms with Gasteiger partial charge in [0.05, 0.1) is 5.75 Å². The minimum absolute atomic E-state index is 0.176. The van der Waals surface area contributed by atoms with E-state index in [1.807, 2.05) is 30.3 Å². The molecule has 0 N–H and O–H groups in total. The molecular formula is C13H18ClNO4S. The van der Waals surface area contributed by atoms with Crippen LogP contribution in [0.1, 0.15) is 12.5 Å². The van der Waals surface area contributed by atoms with E-state index in [2.05, 4.69) is 0 Å². The third-order valence-electron chi connectivity index (χ3n) is 2.59. The first kappa shape index (κ1) is 16.8. The Morgan fingerprint density at radius 1 is 1.35 bits per heavy atom. The smallest absolute Gasteiger partial charge is 0.409 e. The summed E-state index contributed by atoms with van der Waals surface area (Å²) >= 11 is 0. The highest BCUT2D eigenvalue weighted by Gasteiger charge is 2.18. The molecule has 112 valence electrons. The van der Waals surface area contributed by atoms with Crippen molar-refractivity contribution in [2.24, 2.45) is 5.92 Å². The molecule has 7 heteroatoms. The predicted octanol–water partition coefficient (Wildman–Crippen LogP) is 2.46. The molecule has 0 spiro atoms. The number of hydrogen-bond donors (Lipinski definition) is 0. The summed E-state index contributed by atoms with van der Waals surface area (Å²) in [6.45, 7) is 2.16. The number of ether oxygens (including phenoxy) is 1. The highest BCUT2D eigenvalue weighted by Crippen LogP contribution is 2.08. The molecule has 0 bridgehead atoms. The van der Waals surface area contributed by atoms with Crippen LogP contribution in [0.5, 0.6) is 0 Å². The number of amides is 1. The molecule has 1 amide bonds. The average Bonchev–Trinajstić information content (AvgIpc) is 2.34. The van der Waals surface area contributed by atoms with Crippen LogP contribution in [0.15, 0.2) is 30.3 Å². The molecule has 0 saturated heterocycles. The largest absolute Gasteiger partial charge is 0.445 e. The van der Waals surface area contributed by atoms with Gasteiger partial charge in [-0.15, -0.1) is 0 Å². The van der Waals surface area contributed by atoms with E-state index < -0.39 is 15.1 Å². The van der Waals surface area contributed by atoms with Gasteiger partial charge in [-0.05, 0) is 11.5 Å². The fourth-order valence-electron chi connectivity index (χ4n) is 1.76. The fraction of sp³-hybridized carbons (Fsp3) is 0.462. The summed E-state index contributed by atoms with van der Waals surface area (Å²) in [5.74, 6) is -0.433. The quantitative estimate of drug-likeness (QED) is 0.756. The molecule has 0 saturated carbocycles. The Hall–Kier alpha value is -1.27. The summed E-state index contributed by atoms with van der Waals surface area (Å²) < 4.78 is 27.0. The van der Waals surface area contributed by atoms with Gasteiger partial charge in [-0.3, -0.25) is 0 Å². The van der Waals surface area contributed by atoms with Gasteiger partial charge in [0, 0.05) is 24.3 Å². The zero-order chi connectivity index (χ0) is 15.2. The second kappa shape index (κ2) is 7.50. The van der Waals surface area contributed by atoms with Gasteiger partial charge < -0.3 is 9.64 Å². The Morgan fingerprint density at radius 3 is 2.50 bits per heavy atom. The lowest BCUT2D eigenvalue weighted by Gasteiger charge is -2.20. The van der Waals surface area contributed by atoms with Crippen LogP contribution >= 0.6 is 10.7 Å². The van der Waals surface area contributed by atoms with Crippen molar-refractivity contribution in [2.75, 3.05) is 19.3 Å². The third kappa shape index (κ3) is 6.77. The van der Waals surface area contributed by atoms with E-state index >= 15 is 0 Å². The van der Waals surface area contributed by atoms with Gasteiger partial charge >= 0.3 is 6.09 Å². The van der Waals surface area contributed by atoms with Gasteiger partial charge in [-0.2, -0.15) is 0 Å². The highest BCUT2D eigenvalue weighted by molar-refractivity contribution is 8.13. The maximum Gasteiger partial charge on any atom is 0.409 e. The van der Waals surface area contributed by atoms with Crippen molar-refractivity contribution in [3.05, 3.63) is 35.9 Å². The van der Waals surface area contributed by atoms with Crippen LogP contribution in [0.2, 0.25) is 0 Å². The Balaban J connectivity index is 2.39. The van der Waals surface area contributed by atoms with E-state index in [0.29, 0.717) is 0 Å². The standard InChI is InChI=1S/C13H18ClNO4S/c1-11(10-20(14,17)18)8-15(2)13(16)19-9-12-6-4-3-5-7-12/h3-7,11H,8-10H2,1-2H3. The van der Waals surface area contributed by atoms with Gasteiger partial charge in [0.1, 0.15) is 6.61 Å². The van der Waals surface area contributed by atoms with Crippen LogP contribution in [0.3, 0.4) is 0 Å². The first-order chi connectivity index (χ1) is 9.28. The van der Waals surface area contributed by atoms with Crippen LogP contribution in [0.25, 0.3) is 0 Å². The molecule has 0 aliphatic rings. The Bertz CT molecular complexity index is 533. The molecule has 0 heterocycles. The van der Waals surface area contributed by atoms with Crippen molar-refractivity contribution in [3.63, 3.8) is 0 Å². The number of halogens is 1. The zero-order valence-corrected chi connectivity index (χ0v) is 13.0.